The van der Waals surface area contributed by atoms with Gasteiger partial charge in [-0.2, -0.15) is 0 Å². The molecule has 0 unspecified atom stereocenters. The highest BCUT2D eigenvalue weighted by molar-refractivity contribution is 4.77. The summed E-state index contributed by atoms with van der Waals surface area (Å²) in [7, 11) is 0. The molecule has 0 amide bonds. The zero-order chi connectivity index (χ0) is 10.2. The first-order valence-corrected chi connectivity index (χ1v) is 5.70. The number of rotatable bonds is 8. The van der Waals surface area contributed by atoms with Crippen molar-refractivity contribution in [1.29, 1.82) is 0 Å². The predicted octanol–water partition coefficient (Wildman–Crippen LogP) is 4.30. The summed E-state index contributed by atoms with van der Waals surface area (Å²) in [5.41, 5.74) is 0.495. The van der Waals surface area contributed by atoms with Crippen LogP contribution in [-0.2, 0) is 0 Å². The Balaban J connectivity index is 3.97. The molecule has 0 heterocycles. The zero-order valence-electron chi connectivity index (χ0n) is 9.47. The molecule has 1 nitrogen and oxygen atoms in total. The Bertz CT molecular complexity index is 95.7. The average Bonchev–Trinajstić information content (AvgIpc) is 2.20. The summed E-state index contributed by atoms with van der Waals surface area (Å²) in [4.78, 5) is 0. The molecule has 1 N–H and O–H groups in total. The van der Waals surface area contributed by atoms with E-state index in [1.807, 2.05) is 0 Å². The fourth-order valence-electron chi connectivity index (χ4n) is 2.00. The highest BCUT2D eigenvalue weighted by atomic mass is 16.2. The summed E-state index contributed by atoms with van der Waals surface area (Å²) in [5.74, 6) is 0. The Labute approximate surface area is 83.5 Å². The van der Waals surface area contributed by atoms with E-state index in [0.717, 1.165) is 12.8 Å². The van der Waals surface area contributed by atoms with E-state index in [0.29, 0.717) is 5.41 Å². The number of aliphatic hydroxyl groups excluding tert-OH is 1. The molecule has 0 aromatic carbocycles. The third-order valence-electron chi connectivity index (χ3n) is 3.36. The van der Waals surface area contributed by atoms with Crippen LogP contribution in [0.4, 0.5) is 0 Å². The van der Waals surface area contributed by atoms with Crippen molar-refractivity contribution < 1.29 is 5.11 Å². The fourth-order valence-corrected chi connectivity index (χ4v) is 2.00. The molecule has 0 rings (SSSR count). The first-order chi connectivity index (χ1) is 6.24. The lowest BCUT2D eigenvalue weighted by Crippen LogP contribution is -2.18. The zero-order valence-corrected chi connectivity index (χ0v) is 9.47. The number of hydrogen-bond acceptors (Lipinski definition) is 1. The molecule has 0 saturated heterocycles. The lowest BCUT2D eigenvalue weighted by atomic mass is 9.74. The van der Waals surface area contributed by atoms with Gasteiger partial charge in [0.15, 0.2) is 0 Å². The number of aliphatic hydroxyl groups is 1. The summed E-state index contributed by atoms with van der Waals surface area (Å²) >= 11 is 0. The van der Waals surface area contributed by atoms with E-state index in [1.165, 1.54) is 38.7 Å². The van der Waals surface area contributed by atoms with Gasteiger partial charge in [0.05, 0.1) is 6.61 Å². The fraction of sp³-hybridized carbons (Fsp3) is 0.917. The van der Waals surface area contributed by atoms with Crippen LogP contribution in [-0.4, -0.2) is 5.11 Å². The highest BCUT2D eigenvalue weighted by Gasteiger charge is 2.24. The van der Waals surface area contributed by atoms with Crippen LogP contribution in [0.5, 0.6) is 0 Å². The summed E-state index contributed by atoms with van der Waals surface area (Å²) in [6.45, 7) is 8.10. The highest BCUT2D eigenvalue weighted by Crippen LogP contribution is 2.37. The van der Waals surface area contributed by atoms with Gasteiger partial charge in [-0.15, -0.1) is 0 Å². The van der Waals surface area contributed by atoms with E-state index in [4.69, 9.17) is 5.11 Å². The van der Waals surface area contributed by atoms with Crippen molar-refractivity contribution in [2.24, 2.45) is 5.41 Å². The van der Waals surface area contributed by atoms with Crippen LogP contribution in [0.1, 0.15) is 65.7 Å². The molecular weight excluding hydrogens is 160 g/mol. The SMILES string of the molecule is CCCCC(CC)(CC)CC[CH]O. The smallest absolute Gasteiger partial charge is 0.0799 e. The maximum Gasteiger partial charge on any atom is 0.0799 e. The Morgan fingerprint density at radius 1 is 1.08 bits per heavy atom. The van der Waals surface area contributed by atoms with Gasteiger partial charge in [0.2, 0.25) is 0 Å². The Morgan fingerprint density at radius 2 is 1.69 bits per heavy atom. The number of unbranched alkanes of at least 4 members (excludes halogenated alkanes) is 1. The normalized spacial score (nSPS) is 12.0. The first kappa shape index (κ1) is 13.0. The van der Waals surface area contributed by atoms with E-state index in [2.05, 4.69) is 20.8 Å². The monoisotopic (exact) mass is 185 g/mol. The maximum atomic E-state index is 8.72. The Kier molecular flexibility index (Phi) is 7.35. The molecule has 0 aromatic rings. The van der Waals surface area contributed by atoms with Gasteiger partial charge in [0, 0.05) is 0 Å². The van der Waals surface area contributed by atoms with Crippen LogP contribution in [0.3, 0.4) is 0 Å². The summed E-state index contributed by atoms with van der Waals surface area (Å²) in [6.07, 6.45) is 8.43. The van der Waals surface area contributed by atoms with E-state index in [-0.39, 0.29) is 0 Å². The van der Waals surface area contributed by atoms with Crippen molar-refractivity contribution in [3.8, 4) is 0 Å². The third-order valence-corrected chi connectivity index (χ3v) is 3.36. The van der Waals surface area contributed by atoms with E-state index >= 15 is 0 Å². The summed E-state index contributed by atoms with van der Waals surface area (Å²) in [6, 6.07) is 0. The van der Waals surface area contributed by atoms with Gasteiger partial charge >= 0.3 is 0 Å². The quantitative estimate of drug-likeness (QED) is 0.598. The first-order valence-electron chi connectivity index (χ1n) is 5.70. The molecule has 0 saturated carbocycles. The van der Waals surface area contributed by atoms with Crippen molar-refractivity contribution in [2.75, 3.05) is 0 Å². The third kappa shape index (κ3) is 4.66. The second-order valence-corrected chi connectivity index (χ2v) is 4.03. The lowest BCUT2D eigenvalue weighted by Gasteiger charge is -2.31. The van der Waals surface area contributed by atoms with Gasteiger partial charge in [0.25, 0.3) is 0 Å². The topological polar surface area (TPSA) is 20.2 Å². The van der Waals surface area contributed by atoms with Crippen LogP contribution in [0.25, 0.3) is 0 Å². The minimum atomic E-state index is 0.495. The van der Waals surface area contributed by atoms with E-state index in [9.17, 15) is 0 Å². The Morgan fingerprint density at radius 3 is 2.08 bits per heavy atom. The minimum absolute atomic E-state index is 0.495. The molecule has 0 aliphatic rings. The molecule has 0 aliphatic carbocycles. The molecule has 1 heteroatoms. The molecule has 0 aromatic heterocycles. The van der Waals surface area contributed by atoms with Crippen molar-refractivity contribution >= 4 is 0 Å². The molecule has 1 radical (unpaired) electrons. The second kappa shape index (κ2) is 7.37. The minimum Gasteiger partial charge on any atom is -0.390 e. The lowest BCUT2D eigenvalue weighted by molar-refractivity contribution is 0.199. The van der Waals surface area contributed by atoms with Gasteiger partial charge < -0.3 is 5.11 Å². The van der Waals surface area contributed by atoms with Gasteiger partial charge in [-0.3, -0.25) is 0 Å². The second-order valence-electron chi connectivity index (χ2n) is 4.03. The molecule has 0 bridgehead atoms. The molecular formula is C12H25O. The largest absolute Gasteiger partial charge is 0.390 e. The molecule has 13 heavy (non-hydrogen) atoms. The van der Waals surface area contributed by atoms with Crippen LogP contribution < -0.4 is 0 Å². The van der Waals surface area contributed by atoms with Crippen molar-refractivity contribution in [1.82, 2.24) is 0 Å². The molecule has 0 aliphatic heterocycles. The maximum absolute atomic E-state index is 8.72. The van der Waals surface area contributed by atoms with Gasteiger partial charge in [0.1, 0.15) is 0 Å². The molecule has 0 fully saturated rings. The van der Waals surface area contributed by atoms with Crippen LogP contribution >= 0.6 is 0 Å². The van der Waals surface area contributed by atoms with Crippen LogP contribution in [0, 0.1) is 12.0 Å². The molecule has 79 valence electrons. The van der Waals surface area contributed by atoms with Gasteiger partial charge in [-0.1, -0.05) is 46.5 Å². The molecule has 0 spiro atoms. The predicted molar refractivity (Wildman–Crippen MR) is 58.0 cm³/mol. The Hall–Kier alpha value is -0.0400. The van der Waals surface area contributed by atoms with Gasteiger partial charge in [-0.25, -0.2) is 0 Å². The summed E-state index contributed by atoms with van der Waals surface area (Å²) < 4.78 is 0. The molecule has 0 atom stereocenters. The van der Waals surface area contributed by atoms with Crippen molar-refractivity contribution in [3.05, 3.63) is 6.61 Å². The summed E-state index contributed by atoms with van der Waals surface area (Å²) in [5, 5.41) is 8.72. The van der Waals surface area contributed by atoms with Crippen LogP contribution in [0.15, 0.2) is 0 Å². The number of hydrogen-bond donors (Lipinski definition) is 1. The van der Waals surface area contributed by atoms with Crippen molar-refractivity contribution in [2.45, 2.75) is 65.7 Å². The van der Waals surface area contributed by atoms with Gasteiger partial charge in [-0.05, 0) is 24.7 Å². The van der Waals surface area contributed by atoms with E-state index < -0.39 is 0 Å². The standard InChI is InChI=1S/C12H25O/c1-4-7-9-12(5-2,6-3)10-8-11-13/h11,13H,4-10H2,1-3H3. The van der Waals surface area contributed by atoms with Crippen LogP contribution in [0.2, 0.25) is 0 Å². The average molecular weight is 185 g/mol. The van der Waals surface area contributed by atoms with E-state index in [1.54, 1.807) is 0 Å². The van der Waals surface area contributed by atoms with Crippen molar-refractivity contribution in [3.63, 3.8) is 0 Å².